The Labute approximate surface area is 85.8 Å². The number of hydrogen-bond acceptors (Lipinski definition) is 1. The van der Waals surface area contributed by atoms with E-state index in [-0.39, 0.29) is 11.6 Å². The third-order valence-corrected chi connectivity index (χ3v) is 3.22. The van der Waals surface area contributed by atoms with Gasteiger partial charge >= 0.3 is 6.03 Å². The van der Waals surface area contributed by atoms with E-state index in [0.29, 0.717) is 12.0 Å². The Hall–Kier alpha value is -0.730. The third kappa shape index (κ3) is 1.86. The summed E-state index contributed by atoms with van der Waals surface area (Å²) in [5, 5.41) is 3.06. The number of urea groups is 1. The molecule has 1 heterocycles. The summed E-state index contributed by atoms with van der Waals surface area (Å²) in [4.78, 5) is 13.9. The Bertz CT molecular complexity index is 246. The van der Waals surface area contributed by atoms with E-state index in [0.717, 1.165) is 25.8 Å². The number of nitrogens with one attached hydrogen (secondary N) is 1. The van der Waals surface area contributed by atoms with Crippen molar-refractivity contribution < 1.29 is 4.79 Å². The minimum Gasteiger partial charge on any atom is -0.335 e. The molecule has 1 aliphatic heterocycles. The zero-order valence-corrected chi connectivity index (χ0v) is 9.34. The van der Waals surface area contributed by atoms with Crippen LogP contribution in [0, 0.1) is 5.92 Å². The van der Waals surface area contributed by atoms with Crippen molar-refractivity contribution in [3.63, 3.8) is 0 Å². The van der Waals surface area contributed by atoms with Gasteiger partial charge < -0.3 is 10.2 Å². The van der Waals surface area contributed by atoms with Gasteiger partial charge in [0, 0.05) is 18.1 Å². The first-order valence-electron chi connectivity index (χ1n) is 5.57. The molecule has 0 spiro atoms. The number of nitrogens with zero attached hydrogens (tertiary/aromatic N) is 1. The SMILES string of the molecule is CC1CN(C(=O)NC2CC2)C(C)(C)C1. The highest BCUT2D eigenvalue weighted by Crippen LogP contribution is 2.32. The van der Waals surface area contributed by atoms with Gasteiger partial charge in [-0.2, -0.15) is 0 Å². The number of likely N-dealkylation sites (tertiary alicyclic amines) is 1. The van der Waals surface area contributed by atoms with Crippen LogP contribution in [0.1, 0.15) is 40.0 Å². The molecule has 80 valence electrons. The summed E-state index contributed by atoms with van der Waals surface area (Å²) in [7, 11) is 0. The lowest BCUT2D eigenvalue weighted by atomic mass is 9.98. The molecular formula is C11H20N2O. The summed E-state index contributed by atoms with van der Waals surface area (Å²) < 4.78 is 0. The number of amides is 2. The van der Waals surface area contributed by atoms with Gasteiger partial charge in [-0.25, -0.2) is 4.79 Å². The van der Waals surface area contributed by atoms with Crippen molar-refractivity contribution in [3.8, 4) is 0 Å². The largest absolute Gasteiger partial charge is 0.335 e. The van der Waals surface area contributed by atoms with Crippen molar-refractivity contribution >= 4 is 6.03 Å². The van der Waals surface area contributed by atoms with Crippen molar-refractivity contribution in [3.05, 3.63) is 0 Å². The number of rotatable bonds is 1. The average Bonchev–Trinajstić information content (AvgIpc) is 2.77. The van der Waals surface area contributed by atoms with Gasteiger partial charge in [-0.1, -0.05) is 6.92 Å². The smallest absolute Gasteiger partial charge is 0.318 e. The third-order valence-electron chi connectivity index (χ3n) is 3.22. The minimum absolute atomic E-state index is 0.0401. The summed E-state index contributed by atoms with van der Waals surface area (Å²) in [6.07, 6.45) is 3.44. The molecule has 1 saturated carbocycles. The summed E-state index contributed by atoms with van der Waals surface area (Å²) in [6.45, 7) is 7.43. The van der Waals surface area contributed by atoms with Crippen LogP contribution in [0.2, 0.25) is 0 Å². The predicted molar refractivity (Wildman–Crippen MR) is 56.1 cm³/mol. The van der Waals surface area contributed by atoms with Crippen molar-refractivity contribution in [2.45, 2.75) is 51.6 Å². The fourth-order valence-corrected chi connectivity index (χ4v) is 2.42. The first-order valence-corrected chi connectivity index (χ1v) is 5.57. The van der Waals surface area contributed by atoms with Crippen LogP contribution < -0.4 is 5.32 Å². The molecule has 0 aromatic heterocycles. The van der Waals surface area contributed by atoms with E-state index in [1.54, 1.807) is 0 Å². The predicted octanol–water partition coefficient (Wildman–Crippen LogP) is 1.98. The molecule has 2 fully saturated rings. The number of carbonyl (C=O) groups is 1. The first-order chi connectivity index (χ1) is 6.49. The fraction of sp³-hybridized carbons (Fsp3) is 0.909. The summed E-state index contributed by atoms with van der Waals surface area (Å²) in [5.41, 5.74) is 0.0401. The van der Waals surface area contributed by atoms with Crippen molar-refractivity contribution in [1.82, 2.24) is 10.2 Å². The Morgan fingerprint density at radius 3 is 2.50 bits per heavy atom. The normalized spacial score (nSPS) is 30.5. The quantitative estimate of drug-likeness (QED) is 0.683. The lowest BCUT2D eigenvalue weighted by Gasteiger charge is -2.31. The highest BCUT2D eigenvalue weighted by molar-refractivity contribution is 5.76. The molecule has 2 amide bonds. The van der Waals surface area contributed by atoms with Crippen LogP contribution in [0.15, 0.2) is 0 Å². The molecule has 0 radical (unpaired) electrons. The van der Waals surface area contributed by atoms with E-state index in [4.69, 9.17) is 0 Å². The molecule has 3 heteroatoms. The lowest BCUT2D eigenvalue weighted by Crippen LogP contribution is -2.48. The van der Waals surface area contributed by atoms with E-state index in [2.05, 4.69) is 26.1 Å². The molecule has 1 saturated heterocycles. The van der Waals surface area contributed by atoms with Crippen LogP contribution in [0.4, 0.5) is 4.79 Å². The van der Waals surface area contributed by atoms with E-state index < -0.39 is 0 Å². The molecule has 1 aliphatic carbocycles. The van der Waals surface area contributed by atoms with Crippen LogP contribution in [-0.2, 0) is 0 Å². The molecule has 0 aromatic rings. The van der Waals surface area contributed by atoms with Gasteiger partial charge in [0.2, 0.25) is 0 Å². The van der Waals surface area contributed by atoms with Gasteiger partial charge in [-0.05, 0) is 39.0 Å². The van der Waals surface area contributed by atoms with Crippen LogP contribution >= 0.6 is 0 Å². The van der Waals surface area contributed by atoms with E-state index in [9.17, 15) is 4.79 Å². The van der Waals surface area contributed by atoms with Crippen molar-refractivity contribution in [1.29, 1.82) is 0 Å². The highest BCUT2D eigenvalue weighted by atomic mass is 16.2. The maximum absolute atomic E-state index is 11.9. The molecule has 1 unspecified atom stereocenters. The molecule has 2 rings (SSSR count). The zero-order valence-electron chi connectivity index (χ0n) is 9.34. The van der Waals surface area contributed by atoms with Crippen LogP contribution in [-0.4, -0.2) is 29.1 Å². The average molecular weight is 196 g/mol. The first kappa shape index (κ1) is 9.81. The standard InChI is InChI=1S/C11H20N2O/c1-8-6-11(2,3)13(7-8)10(14)12-9-4-5-9/h8-9H,4-7H2,1-3H3,(H,12,14). The Morgan fingerprint density at radius 2 is 2.07 bits per heavy atom. The second kappa shape index (κ2) is 3.14. The van der Waals surface area contributed by atoms with Gasteiger partial charge in [0.15, 0.2) is 0 Å². The summed E-state index contributed by atoms with van der Waals surface area (Å²) in [6, 6.07) is 0.607. The van der Waals surface area contributed by atoms with Crippen molar-refractivity contribution in [2.24, 2.45) is 5.92 Å². The maximum Gasteiger partial charge on any atom is 0.318 e. The Kier molecular flexibility index (Phi) is 2.20. The van der Waals surface area contributed by atoms with Gasteiger partial charge in [0.25, 0.3) is 0 Å². The van der Waals surface area contributed by atoms with E-state index >= 15 is 0 Å². The molecule has 14 heavy (non-hydrogen) atoms. The summed E-state index contributed by atoms with van der Waals surface area (Å²) >= 11 is 0. The highest BCUT2D eigenvalue weighted by Gasteiger charge is 2.40. The molecular weight excluding hydrogens is 176 g/mol. The van der Waals surface area contributed by atoms with Gasteiger partial charge in [0.1, 0.15) is 0 Å². The van der Waals surface area contributed by atoms with Crippen LogP contribution in [0.25, 0.3) is 0 Å². The van der Waals surface area contributed by atoms with Gasteiger partial charge in [-0.3, -0.25) is 0 Å². The Morgan fingerprint density at radius 1 is 1.43 bits per heavy atom. The van der Waals surface area contributed by atoms with Gasteiger partial charge in [0.05, 0.1) is 0 Å². The molecule has 0 aromatic carbocycles. The van der Waals surface area contributed by atoms with Crippen molar-refractivity contribution in [2.75, 3.05) is 6.54 Å². The summed E-state index contributed by atoms with van der Waals surface area (Å²) in [5.74, 6) is 0.634. The molecule has 1 N–H and O–H groups in total. The minimum atomic E-state index is 0.0401. The van der Waals surface area contributed by atoms with E-state index in [1.165, 1.54) is 0 Å². The van der Waals surface area contributed by atoms with Crippen LogP contribution in [0.5, 0.6) is 0 Å². The number of hydrogen-bond donors (Lipinski definition) is 1. The number of carbonyl (C=O) groups excluding carboxylic acids is 1. The maximum atomic E-state index is 11.9. The second-order valence-corrected chi connectivity index (χ2v) is 5.46. The Balaban J connectivity index is 1.97. The molecule has 3 nitrogen and oxygen atoms in total. The molecule has 1 atom stereocenters. The van der Waals surface area contributed by atoms with Crippen LogP contribution in [0.3, 0.4) is 0 Å². The lowest BCUT2D eigenvalue weighted by molar-refractivity contribution is 0.164. The second-order valence-electron chi connectivity index (χ2n) is 5.46. The fourth-order valence-electron chi connectivity index (χ4n) is 2.42. The van der Waals surface area contributed by atoms with E-state index in [1.807, 2.05) is 4.90 Å². The topological polar surface area (TPSA) is 32.3 Å². The molecule has 2 aliphatic rings. The molecule has 0 bridgehead atoms. The monoisotopic (exact) mass is 196 g/mol. The zero-order chi connectivity index (χ0) is 10.3. The van der Waals surface area contributed by atoms with Gasteiger partial charge in [-0.15, -0.1) is 0 Å².